The average molecular weight is 368 g/mol. The van der Waals surface area contributed by atoms with Crippen LogP contribution in [0.3, 0.4) is 0 Å². The standard InChI is InChI=1S/C20H14F2N2OS/c21-14-5-6-15-16(19(25)10-20-23-7-8-26-20)12-24(18(15)9-14)11-13-3-1-2-4-17(13)22/h1-9,12H,10-11H2. The van der Waals surface area contributed by atoms with Crippen LogP contribution in [0, 0.1) is 11.6 Å². The Morgan fingerprint density at radius 2 is 2.00 bits per heavy atom. The minimum atomic E-state index is -0.399. The first kappa shape index (κ1) is 16.6. The van der Waals surface area contributed by atoms with Crippen molar-refractivity contribution in [2.45, 2.75) is 13.0 Å². The van der Waals surface area contributed by atoms with Crippen molar-refractivity contribution in [2.24, 2.45) is 0 Å². The highest BCUT2D eigenvalue weighted by Crippen LogP contribution is 2.25. The van der Waals surface area contributed by atoms with Gasteiger partial charge < -0.3 is 4.57 Å². The lowest BCUT2D eigenvalue weighted by atomic mass is 10.1. The van der Waals surface area contributed by atoms with E-state index in [4.69, 9.17) is 0 Å². The van der Waals surface area contributed by atoms with Gasteiger partial charge >= 0.3 is 0 Å². The minimum absolute atomic E-state index is 0.0937. The van der Waals surface area contributed by atoms with Crippen molar-refractivity contribution in [2.75, 3.05) is 0 Å². The number of carbonyl (C=O) groups is 1. The van der Waals surface area contributed by atoms with Crippen LogP contribution < -0.4 is 0 Å². The van der Waals surface area contributed by atoms with Gasteiger partial charge in [0.15, 0.2) is 5.78 Å². The third kappa shape index (κ3) is 3.15. The fourth-order valence-corrected chi connectivity index (χ4v) is 3.62. The molecular formula is C20H14F2N2OS. The number of hydrogen-bond acceptors (Lipinski definition) is 3. The zero-order valence-electron chi connectivity index (χ0n) is 13.7. The van der Waals surface area contributed by atoms with Crippen molar-refractivity contribution in [3.63, 3.8) is 0 Å². The molecule has 0 saturated heterocycles. The monoisotopic (exact) mass is 368 g/mol. The van der Waals surface area contributed by atoms with Gasteiger partial charge in [-0.2, -0.15) is 0 Å². The minimum Gasteiger partial charge on any atom is -0.342 e. The molecule has 0 amide bonds. The Hall–Kier alpha value is -2.86. The van der Waals surface area contributed by atoms with Crippen LogP contribution in [0.2, 0.25) is 0 Å². The molecule has 2 heterocycles. The predicted molar refractivity (Wildman–Crippen MR) is 97.5 cm³/mol. The quantitative estimate of drug-likeness (QED) is 0.472. The summed E-state index contributed by atoms with van der Waals surface area (Å²) in [6.45, 7) is 0.219. The van der Waals surface area contributed by atoms with Crippen LogP contribution in [0.15, 0.2) is 60.2 Å². The lowest BCUT2D eigenvalue weighted by Crippen LogP contribution is -2.03. The van der Waals surface area contributed by atoms with Gasteiger partial charge in [0.05, 0.1) is 18.5 Å². The van der Waals surface area contributed by atoms with Gasteiger partial charge in [0.1, 0.15) is 16.6 Å². The topological polar surface area (TPSA) is 34.9 Å². The SMILES string of the molecule is O=C(Cc1nccs1)c1cn(Cc2ccccc2F)c2cc(F)ccc12. The summed E-state index contributed by atoms with van der Waals surface area (Å²) in [7, 11) is 0. The number of thiazole rings is 1. The molecule has 4 aromatic rings. The molecule has 2 aromatic carbocycles. The van der Waals surface area contributed by atoms with Gasteiger partial charge in [0.25, 0.3) is 0 Å². The Kier molecular flexibility index (Phi) is 4.34. The molecule has 6 heteroatoms. The van der Waals surface area contributed by atoms with Crippen molar-refractivity contribution in [3.8, 4) is 0 Å². The summed E-state index contributed by atoms with van der Waals surface area (Å²) in [6, 6.07) is 10.7. The zero-order chi connectivity index (χ0) is 18.1. The van der Waals surface area contributed by atoms with Crippen LogP contribution in [0.1, 0.15) is 20.9 Å². The van der Waals surface area contributed by atoms with Gasteiger partial charge in [-0.25, -0.2) is 13.8 Å². The van der Waals surface area contributed by atoms with Gasteiger partial charge in [-0.05, 0) is 24.3 Å². The number of Topliss-reactive ketones (excluding diaryl/α,β-unsaturated/α-hetero) is 1. The highest BCUT2D eigenvalue weighted by atomic mass is 32.1. The summed E-state index contributed by atoms with van der Waals surface area (Å²) in [5.41, 5.74) is 1.54. The molecule has 3 nitrogen and oxygen atoms in total. The number of hydrogen-bond donors (Lipinski definition) is 0. The van der Waals surface area contributed by atoms with E-state index in [2.05, 4.69) is 4.98 Å². The summed E-state index contributed by atoms with van der Waals surface area (Å²) in [5.74, 6) is -0.824. The van der Waals surface area contributed by atoms with Crippen molar-refractivity contribution in [3.05, 3.63) is 88.0 Å². The predicted octanol–water partition coefficient (Wildman–Crippen LogP) is 4.85. The highest BCUT2D eigenvalue weighted by Gasteiger charge is 2.17. The largest absolute Gasteiger partial charge is 0.342 e. The summed E-state index contributed by atoms with van der Waals surface area (Å²) in [5, 5.41) is 3.20. The van der Waals surface area contributed by atoms with Gasteiger partial charge in [-0.3, -0.25) is 4.79 Å². The Bertz CT molecular complexity index is 1090. The first-order valence-corrected chi connectivity index (χ1v) is 8.93. The normalized spacial score (nSPS) is 11.2. The fraction of sp³-hybridized carbons (Fsp3) is 0.100. The summed E-state index contributed by atoms with van der Waals surface area (Å²) < 4.78 is 29.5. The van der Waals surface area contributed by atoms with Gasteiger partial charge in [-0.15, -0.1) is 11.3 Å². The van der Waals surface area contributed by atoms with Crippen LogP contribution >= 0.6 is 11.3 Å². The molecule has 0 aliphatic heterocycles. The molecule has 130 valence electrons. The lowest BCUT2D eigenvalue weighted by molar-refractivity contribution is 0.0994. The third-order valence-corrected chi connectivity index (χ3v) is 5.02. The summed E-state index contributed by atoms with van der Waals surface area (Å²) in [4.78, 5) is 16.9. The Morgan fingerprint density at radius 3 is 2.77 bits per heavy atom. The van der Waals surface area contributed by atoms with Crippen molar-refractivity contribution in [1.82, 2.24) is 9.55 Å². The molecule has 0 bridgehead atoms. The summed E-state index contributed by atoms with van der Waals surface area (Å²) in [6.07, 6.45) is 3.52. The van der Waals surface area contributed by atoms with Crippen LogP contribution in [0.5, 0.6) is 0 Å². The maximum atomic E-state index is 14.0. The molecule has 0 atom stereocenters. The number of halogens is 2. The number of benzene rings is 2. The number of rotatable bonds is 5. The van der Waals surface area contributed by atoms with E-state index in [1.54, 1.807) is 41.2 Å². The second kappa shape index (κ2) is 6.80. The Labute approximate surface area is 152 Å². The molecule has 4 rings (SSSR count). The number of nitrogens with zero attached hydrogens (tertiary/aromatic N) is 2. The lowest BCUT2D eigenvalue weighted by Gasteiger charge is -2.06. The van der Waals surface area contributed by atoms with E-state index in [0.717, 1.165) is 5.01 Å². The molecule has 0 saturated carbocycles. The molecule has 0 unspecified atom stereocenters. The Balaban J connectivity index is 1.77. The van der Waals surface area contributed by atoms with E-state index in [0.29, 0.717) is 22.0 Å². The smallest absolute Gasteiger partial charge is 0.171 e. The zero-order valence-corrected chi connectivity index (χ0v) is 14.5. The van der Waals surface area contributed by atoms with E-state index in [1.165, 1.54) is 29.5 Å². The molecule has 0 aliphatic rings. The van der Waals surface area contributed by atoms with Crippen molar-refractivity contribution in [1.29, 1.82) is 0 Å². The van der Waals surface area contributed by atoms with E-state index < -0.39 is 5.82 Å². The Morgan fingerprint density at radius 1 is 1.15 bits per heavy atom. The molecule has 0 fully saturated rings. The van der Waals surface area contributed by atoms with Crippen LogP contribution in [-0.4, -0.2) is 15.3 Å². The van der Waals surface area contributed by atoms with Crippen molar-refractivity contribution >= 4 is 28.0 Å². The molecular weight excluding hydrogens is 354 g/mol. The van der Waals surface area contributed by atoms with Crippen LogP contribution in [-0.2, 0) is 13.0 Å². The van der Waals surface area contributed by atoms with Crippen molar-refractivity contribution < 1.29 is 13.6 Å². The first-order chi connectivity index (χ1) is 12.6. The first-order valence-electron chi connectivity index (χ1n) is 8.05. The fourth-order valence-electron chi connectivity index (χ4n) is 3.00. The van der Waals surface area contributed by atoms with E-state index >= 15 is 0 Å². The number of aromatic nitrogens is 2. The molecule has 0 radical (unpaired) electrons. The molecule has 0 aliphatic carbocycles. The third-order valence-electron chi connectivity index (χ3n) is 4.24. The van der Waals surface area contributed by atoms with Gasteiger partial charge in [0.2, 0.25) is 0 Å². The number of carbonyl (C=O) groups excluding carboxylic acids is 1. The molecule has 2 aromatic heterocycles. The van der Waals surface area contributed by atoms with E-state index in [9.17, 15) is 13.6 Å². The second-order valence-electron chi connectivity index (χ2n) is 5.95. The summed E-state index contributed by atoms with van der Waals surface area (Å²) >= 11 is 1.42. The van der Waals surface area contributed by atoms with Crippen LogP contribution in [0.4, 0.5) is 8.78 Å². The molecule has 0 N–H and O–H groups in total. The van der Waals surface area contributed by atoms with Gasteiger partial charge in [-0.1, -0.05) is 18.2 Å². The highest BCUT2D eigenvalue weighted by molar-refractivity contribution is 7.09. The average Bonchev–Trinajstić information content (AvgIpc) is 3.25. The van der Waals surface area contributed by atoms with Gasteiger partial charge in [0, 0.05) is 34.3 Å². The maximum Gasteiger partial charge on any atom is 0.171 e. The molecule has 0 spiro atoms. The van der Waals surface area contributed by atoms with E-state index in [1.807, 2.05) is 5.38 Å². The number of ketones is 1. The number of fused-ring (bicyclic) bond motifs is 1. The van der Waals surface area contributed by atoms with Crippen LogP contribution in [0.25, 0.3) is 10.9 Å². The second-order valence-corrected chi connectivity index (χ2v) is 6.93. The molecule has 26 heavy (non-hydrogen) atoms. The maximum absolute atomic E-state index is 14.0. The van der Waals surface area contributed by atoms with E-state index in [-0.39, 0.29) is 24.6 Å².